The second-order valence-corrected chi connectivity index (χ2v) is 5.96. The summed E-state index contributed by atoms with van der Waals surface area (Å²) in [5.74, 6) is 0.489. The molecule has 0 aliphatic carbocycles. The fourth-order valence-electron chi connectivity index (χ4n) is 3.21. The average molecular weight is 338 g/mol. The Bertz CT molecular complexity index is 872. The van der Waals surface area contributed by atoms with Crippen LogP contribution in [-0.4, -0.2) is 62.2 Å². The molecule has 0 radical (unpaired) electrons. The topological polar surface area (TPSA) is 106 Å². The van der Waals surface area contributed by atoms with Gasteiger partial charge < -0.3 is 10.6 Å². The molecular weight excluding hydrogens is 320 g/mol. The van der Waals surface area contributed by atoms with Gasteiger partial charge in [0.15, 0.2) is 11.5 Å². The molecule has 4 rings (SSSR count). The Hall–Kier alpha value is -3.07. The van der Waals surface area contributed by atoms with E-state index in [1.807, 2.05) is 42.5 Å². The van der Waals surface area contributed by atoms with E-state index in [4.69, 9.17) is 5.73 Å². The number of fused-ring (bicyclic) bond motifs is 1. The molecule has 3 aromatic rings. The highest BCUT2D eigenvalue weighted by atomic mass is 16.1. The molecule has 1 fully saturated rings. The first-order chi connectivity index (χ1) is 12.2. The molecule has 25 heavy (non-hydrogen) atoms. The molecule has 1 atom stereocenters. The number of amides is 1. The molecule has 128 valence electrons. The van der Waals surface area contributed by atoms with Gasteiger partial charge in [0.2, 0.25) is 5.91 Å². The predicted molar refractivity (Wildman–Crippen MR) is 90.7 cm³/mol. The number of hydrogen-bond acceptors (Lipinski definition) is 7. The Morgan fingerprint density at radius 1 is 1.04 bits per heavy atom. The van der Waals surface area contributed by atoms with Gasteiger partial charge in [-0.3, -0.25) is 9.69 Å². The highest BCUT2D eigenvalue weighted by Gasteiger charge is 2.29. The molecule has 1 aliphatic rings. The van der Waals surface area contributed by atoms with Crippen LogP contribution in [0.4, 0.5) is 5.82 Å². The minimum Gasteiger partial charge on any atom is -0.368 e. The molecule has 0 spiro atoms. The molecule has 1 aromatic carbocycles. The van der Waals surface area contributed by atoms with Gasteiger partial charge in [-0.1, -0.05) is 30.3 Å². The van der Waals surface area contributed by atoms with Crippen molar-refractivity contribution in [2.75, 3.05) is 31.1 Å². The number of anilines is 1. The smallest absolute Gasteiger partial charge is 0.239 e. The van der Waals surface area contributed by atoms with Crippen LogP contribution in [0, 0.1) is 0 Å². The number of primary amides is 1. The number of benzene rings is 1. The lowest BCUT2D eigenvalue weighted by molar-refractivity contribution is -0.123. The van der Waals surface area contributed by atoms with Crippen LogP contribution in [0.3, 0.4) is 0 Å². The maximum absolute atomic E-state index is 12.0. The van der Waals surface area contributed by atoms with E-state index >= 15 is 0 Å². The second kappa shape index (κ2) is 6.44. The molecule has 0 bridgehead atoms. The summed E-state index contributed by atoms with van der Waals surface area (Å²) >= 11 is 0. The van der Waals surface area contributed by atoms with Crippen LogP contribution in [0.25, 0.3) is 5.65 Å². The van der Waals surface area contributed by atoms with E-state index in [9.17, 15) is 4.79 Å². The third-order valence-corrected chi connectivity index (χ3v) is 4.44. The molecule has 3 heterocycles. The van der Waals surface area contributed by atoms with Crippen molar-refractivity contribution in [1.82, 2.24) is 30.2 Å². The first kappa shape index (κ1) is 15.5. The highest BCUT2D eigenvalue weighted by Crippen LogP contribution is 2.23. The van der Waals surface area contributed by atoms with Gasteiger partial charge in [-0.15, -0.1) is 14.8 Å². The number of nitrogens with zero attached hydrogens (tertiary/aromatic N) is 7. The van der Waals surface area contributed by atoms with Gasteiger partial charge in [0.1, 0.15) is 6.04 Å². The molecule has 1 unspecified atom stereocenters. The van der Waals surface area contributed by atoms with Crippen molar-refractivity contribution in [2.24, 2.45) is 5.73 Å². The van der Waals surface area contributed by atoms with Crippen LogP contribution in [-0.2, 0) is 4.79 Å². The number of carbonyl (C=O) groups excluding carboxylic acids is 1. The van der Waals surface area contributed by atoms with E-state index < -0.39 is 6.04 Å². The summed E-state index contributed by atoms with van der Waals surface area (Å²) in [4.78, 5) is 16.3. The van der Waals surface area contributed by atoms with Crippen LogP contribution in [0.15, 0.2) is 42.5 Å². The summed E-state index contributed by atoms with van der Waals surface area (Å²) in [7, 11) is 0. The fraction of sp³-hybridized carbons (Fsp3) is 0.312. The first-order valence-corrected chi connectivity index (χ1v) is 8.11. The fourth-order valence-corrected chi connectivity index (χ4v) is 3.21. The lowest BCUT2D eigenvalue weighted by atomic mass is 10.0. The van der Waals surface area contributed by atoms with Crippen molar-refractivity contribution in [3.8, 4) is 0 Å². The Morgan fingerprint density at radius 2 is 1.80 bits per heavy atom. The van der Waals surface area contributed by atoms with E-state index in [2.05, 4.69) is 30.4 Å². The Labute approximate surface area is 144 Å². The van der Waals surface area contributed by atoms with E-state index in [-0.39, 0.29) is 5.91 Å². The van der Waals surface area contributed by atoms with E-state index in [1.54, 1.807) is 0 Å². The first-order valence-electron chi connectivity index (χ1n) is 8.11. The van der Waals surface area contributed by atoms with E-state index in [0.29, 0.717) is 5.65 Å². The van der Waals surface area contributed by atoms with Crippen molar-refractivity contribution in [3.05, 3.63) is 48.0 Å². The summed E-state index contributed by atoms with van der Waals surface area (Å²) in [6.07, 6.45) is 0. The third-order valence-electron chi connectivity index (χ3n) is 4.44. The third kappa shape index (κ3) is 3.01. The lowest BCUT2D eigenvalue weighted by Crippen LogP contribution is -2.50. The monoisotopic (exact) mass is 338 g/mol. The molecule has 2 N–H and O–H groups in total. The number of rotatable bonds is 4. The number of hydrogen-bond donors (Lipinski definition) is 1. The second-order valence-electron chi connectivity index (χ2n) is 5.96. The maximum Gasteiger partial charge on any atom is 0.239 e. The number of piperazine rings is 1. The van der Waals surface area contributed by atoms with Crippen molar-refractivity contribution >= 4 is 17.4 Å². The molecule has 9 heteroatoms. The predicted octanol–water partition coefficient (Wildman–Crippen LogP) is -0.132. The van der Waals surface area contributed by atoms with Crippen molar-refractivity contribution in [1.29, 1.82) is 0 Å². The molecule has 0 saturated carbocycles. The largest absolute Gasteiger partial charge is 0.368 e. The van der Waals surface area contributed by atoms with Crippen molar-refractivity contribution in [2.45, 2.75) is 6.04 Å². The zero-order valence-electron chi connectivity index (χ0n) is 13.6. The van der Waals surface area contributed by atoms with Gasteiger partial charge in [-0.25, -0.2) is 0 Å². The van der Waals surface area contributed by atoms with Crippen molar-refractivity contribution < 1.29 is 4.79 Å². The Kier molecular flexibility index (Phi) is 3.98. The van der Waals surface area contributed by atoms with Crippen LogP contribution < -0.4 is 10.6 Å². The summed E-state index contributed by atoms with van der Waals surface area (Å²) < 4.78 is 1.41. The van der Waals surface area contributed by atoms with Crippen LogP contribution in [0.5, 0.6) is 0 Å². The Morgan fingerprint density at radius 3 is 2.52 bits per heavy atom. The molecule has 1 aliphatic heterocycles. The quantitative estimate of drug-likeness (QED) is 0.706. The van der Waals surface area contributed by atoms with Crippen LogP contribution in [0.2, 0.25) is 0 Å². The van der Waals surface area contributed by atoms with Gasteiger partial charge in [0, 0.05) is 26.2 Å². The number of nitrogens with two attached hydrogens (primary N) is 1. The summed E-state index contributed by atoms with van der Waals surface area (Å²) in [6.45, 7) is 2.93. The van der Waals surface area contributed by atoms with Crippen molar-refractivity contribution in [3.63, 3.8) is 0 Å². The van der Waals surface area contributed by atoms with Gasteiger partial charge in [0.05, 0.1) is 0 Å². The summed E-state index contributed by atoms with van der Waals surface area (Å²) in [6, 6.07) is 13.0. The molecule has 1 saturated heterocycles. The molecular formula is C16H18N8O. The molecule has 2 aromatic heterocycles. The number of aromatic nitrogens is 5. The lowest BCUT2D eigenvalue weighted by Gasteiger charge is -2.38. The summed E-state index contributed by atoms with van der Waals surface area (Å²) in [5, 5.41) is 15.7. The minimum absolute atomic E-state index is 0.326. The van der Waals surface area contributed by atoms with Crippen LogP contribution >= 0.6 is 0 Å². The zero-order chi connectivity index (χ0) is 17.2. The molecule has 9 nitrogen and oxygen atoms in total. The molecule has 1 amide bonds. The van der Waals surface area contributed by atoms with E-state index in [1.165, 1.54) is 4.63 Å². The maximum atomic E-state index is 12.0. The van der Waals surface area contributed by atoms with E-state index in [0.717, 1.165) is 37.6 Å². The Balaban J connectivity index is 1.49. The van der Waals surface area contributed by atoms with Gasteiger partial charge in [0.25, 0.3) is 0 Å². The minimum atomic E-state index is -0.404. The zero-order valence-corrected chi connectivity index (χ0v) is 13.6. The highest BCUT2D eigenvalue weighted by molar-refractivity contribution is 5.81. The van der Waals surface area contributed by atoms with Gasteiger partial charge in [-0.05, 0) is 28.1 Å². The number of carbonyl (C=O) groups is 1. The normalized spacial score (nSPS) is 16.9. The van der Waals surface area contributed by atoms with Gasteiger partial charge >= 0.3 is 0 Å². The number of tetrazole rings is 1. The standard InChI is InChI=1S/C16H18N8O/c17-16(25)15(12-4-2-1-3-5-12)23-10-8-22(9-11-23)14-7-6-13-18-20-21-24(13)19-14/h1-7,15H,8-11H2,(H2,17,25). The average Bonchev–Trinajstić information content (AvgIpc) is 3.11. The SMILES string of the molecule is NC(=O)C(c1ccccc1)N1CCN(c2ccc3nnnn3n2)CC1. The van der Waals surface area contributed by atoms with Crippen LogP contribution in [0.1, 0.15) is 11.6 Å². The van der Waals surface area contributed by atoms with Gasteiger partial charge in [-0.2, -0.15) is 0 Å². The summed E-state index contributed by atoms with van der Waals surface area (Å²) in [5.41, 5.74) is 7.20.